The van der Waals surface area contributed by atoms with Crippen molar-refractivity contribution in [1.29, 1.82) is 0 Å². The maximum Gasteiger partial charge on any atom is 0.416 e. The van der Waals surface area contributed by atoms with E-state index in [1.54, 1.807) is 6.07 Å². The van der Waals surface area contributed by atoms with Gasteiger partial charge >= 0.3 is 6.18 Å². The fraction of sp³-hybridized carbons (Fsp3) is 0.538. The van der Waals surface area contributed by atoms with Gasteiger partial charge in [0.2, 0.25) is 0 Å². The third kappa shape index (κ3) is 4.77. The van der Waals surface area contributed by atoms with Gasteiger partial charge in [-0.25, -0.2) is 0 Å². The molecule has 96 valence electrons. The van der Waals surface area contributed by atoms with E-state index in [-0.39, 0.29) is 6.04 Å². The normalized spacial score (nSPS) is 15.6. The van der Waals surface area contributed by atoms with Gasteiger partial charge in [0.05, 0.1) is 5.56 Å². The van der Waals surface area contributed by atoms with Crippen molar-refractivity contribution in [1.82, 2.24) is 0 Å². The van der Waals surface area contributed by atoms with E-state index in [2.05, 4.69) is 0 Å². The Morgan fingerprint density at radius 2 is 1.88 bits per heavy atom. The molecule has 0 saturated heterocycles. The molecule has 0 heterocycles. The Kier molecular flexibility index (Phi) is 4.57. The molecule has 0 aromatic heterocycles. The van der Waals surface area contributed by atoms with E-state index in [1.165, 1.54) is 12.1 Å². The van der Waals surface area contributed by atoms with Gasteiger partial charge < -0.3 is 5.73 Å². The predicted molar refractivity (Wildman–Crippen MR) is 62.6 cm³/mol. The van der Waals surface area contributed by atoms with Crippen LogP contribution < -0.4 is 5.73 Å². The minimum atomic E-state index is -4.26. The number of nitrogens with two attached hydrogens (primary N) is 1. The second kappa shape index (κ2) is 5.54. The van der Waals surface area contributed by atoms with Crippen LogP contribution in [0.4, 0.5) is 13.2 Å². The van der Waals surface area contributed by atoms with Gasteiger partial charge in [-0.15, -0.1) is 0 Å². The molecular formula is C13H18F3N. The largest absolute Gasteiger partial charge is 0.416 e. The van der Waals surface area contributed by atoms with E-state index in [0.29, 0.717) is 17.9 Å². The molecule has 0 saturated carbocycles. The maximum absolute atomic E-state index is 12.5. The van der Waals surface area contributed by atoms with Crippen LogP contribution in [-0.4, -0.2) is 6.04 Å². The summed E-state index contributed by atoms with van der Waals surface area (Å²) in [7, 11) is 0. The zero-order valence-corrected chi connectivity index (χ0v) is 10.1. The molecule has 0 aliphatic heterocycles. The molecule has 1 rings (SSSR count). The molecule has 1 aromatic rings. The summed E-state index contributed by atoms with van der Waals surface area (Å²) in [5.41, 5.74) is 5.80. The lowest BCUT2D eigenvalue weighted by Gasteiger charge is -2.15. The summed E-state index contributed by atoms with van der Waals surface area (Å²) in [5.74, 6) is 0.290. The number of benzene rings is 1. The Hall–Kier alpha value is -1.03. The Morgan fingerprint density at radius 3 is 2.41 bits per heavy atom. The monoisotopic (exact) mass is 245 g/mol. The molecule has 2 unspecified atom stereocenters. The van der Waals surface area contributed by atoms with Crippen LogP contribution in [0.25, 0.3) is 0 Å². The second-order valence-corrected chi connectivity index (χ2v) is 4.72. The van der Waals surface area contributed by atoms with Gasteiger partial charge in [-0.1, -0.05) is 25.1 Å². The highest BCUT2D eigenvalue weighted by atomic mass is 19.4. The summed E-state index contributed by atoms with van der Waals surface area (Å²) < 4.78 is 37.5. The molecule has 2 atom stereocenters. The standard InChI is InChI=1S/C13H18F3N/c1-9(6-10(2)17)7-11-4-3-5-12(8-11)13(14,15)16/h3-5,8-10H,6-7,17H2,1-2H3. The van der Waals surface area contributed by atoms with Crippen molar-refractivity contribution in [2.45, 2.75) is 38.9 Å². The lowest BCUT2D eigenvalue weighted by Crippen LogP contribution is -2.19. The number of alkyl halides is 3. The molecule has 4 heteroatoms. The number of rotatable bonds is 4. The van der Waals surface area contributed by atoms with Gasteiger partial charge in [0, 0.05) is 6.04 Å². The Labute approximate surface area is 99.8 Å². The molecule has 1 nitrogen and oxygen atoms in total. The molecule has 2 N–H and O–H groups in total. The van der Waals surface area contributed by atoms with Gasteiger partial charge in [-0.05, 0) is 37.3 Å². The van der Waals surface area contributed by atoms with Crippen LogP contribution in [0.15, 0.2) is 24.3 Å². The lowest BCUT2D eigenvalue weighted by molar-refractivity contribution is -0.137. The van der Waals surface area contributed by atoms with Crippen molar-refractivity contribution >= 4 is 0 Å². The summed E-state index contributed by atoms with van der Waals surface area (Å²) in [6.07, 6.45) is -2.82. The minimum absolute atomic E-state index is 0.0794. The zero-order chi connectivity index (χ0) is 13.1. The van der Waals surface area contributed by atoms with Crippen LogP contribution >= 0.6 is 0 Å². The van der Waals surface area contributed by atoms with Crippen LogP contribution in [0.1, 0.15) is 31.4 Å². The summed E-state index contributed by atoms with van der Waals surface area (Å²) in [4.78, 5) is 0. The van der Waals surface area contributed by atoms with Gasteiger partial charge in [-0.3, -0.25) is 0 Å². The highest BCUT2D eigenvalue weighted by molar-refractivity contribution is 5.25. The van der Waals surface area contributed by atoms with Gasteiger partial charge in [0.25, 0.3) is 0 Å². The zero-order valence-electron chi connectivity index (χ0n) is 10.1. The van der Waals surface area contributed by atoms with Gasteiger partial charge in [-0.2, -0.15) is 13.2 Å². The first kappa shape index (κ1) is 14.0. The smallest absolute Gasteiger partial charge is 0.328 e. The van der Waals surface area contributed by atoms with Crippen LogP contribution in [0, 0.1) is 5.92 Å². The SMILES string of the molecule is CC(N)CC(C)Cc1cccc(C(F)(F)F)c1. The van der Waals surface area contributed by atoms with E-state index in [4.69, 9.17) is 5.73 Å². The van der Waals surface area contributed by atoms with Crippen molar-refractivity contribution in [3.8, 4) is 0 Å². The first-order chi connectivity index (χ1) is 7.79. The number of hydrogen-bond acceptors (Lipinski definition) is 1. The fourth-order valence-electron chi connectivity index (χ4n) is 2.00. The van der Waals surface area contributed by atoms with E-state index >= 15 is 0 Å². The summed E-state index contributed by atoms with van der Waals surface area (Å²) in [5, 5.41) is 0. The topological polar surface area (TPSA) is 26.0 Å². The maximum atomic E-state index is 12.5. The van der Waals surface area contributed by atoms with Crippen LogP contribution in [-0.2, 0) is 12.6 Å². The van der Waals surface area contributed by atoms with E-state index in [0.717, 1.165) is 12.5 Å². The third-order valence-corrected chi connectivity index (χ3v) is 2.61. The molecular weight excluding hydrogens is 227 g/mol. The van der Waals surface area contributed by atoms with Gasteiger partial charge in [0.1, 0.15) is 0 Å². The summed E-state index contributed by atoms with van der Waals surface area (Å²) in [6, 6.07) is 5.58. The van der Waals surface area contributed by atoms with E-state index in [9.17, 15) is 13.2 Å². The van der Waals surface area contributed by atoms with Crippen LogP contribution in [0.2, 0.25) is 0 Å². The molecule has 0 bridgehead atoms. The number of hydrogen-bond donors (Lipinski definition) is 1. The second-order valence-electron chi connectivity index (χ2n) is 4.72. The minimum Gasteiger partial charge on any atom is -0.328 e. The molecule has 0 aliphatic carbocycles. The van der Waals surface area contributed by atoms with Crippen molar-refractivity contribution < 1.29 is 13.2 Å². The molecule has 0 fully saturated rings. The summed E-state index contributed by atoms with van der Waals surface area (Å²) >= 11 is 0. The average molecular weight is 245 g/mol. The van der Waals surface area contributed by atoms with Crippen LogP contribution in [0.5, 0.6) is 0 Å². The number of halogens is 3. The molecule has 17 heavy (non-hydrogen) atoms. The Morgan fingerprint density at radius 1 is 1.24 bits per heavy atom. The predicted octanol–water partition coefficient (Wildman–Crippen LogP) is 3.62. The Balaban J connectivity index is 2.72. The lowest BCUT2D eigenvalue weighted by atomic mass is 9.94. The van der Waals surface area contributed by atoms with E-state index in [1.807, 2.05) is 13.8 Å². The van der Waals surface area contributed by atoms with Crippen LogP contribution in [0.3, 0.4) is 0 Å². The molecule has 0 spiro atoms. The van der Waals surface area contributed by atoms with E-state index < -0.39 is 11.7 Å². The fourth-order valence-corrected chi connectivity index (χ4v) is 2.00. The molecule has 0 aliphatic rings. The highest BCUT2D eigenvalue weighted by Gasteiger charge is 2.30. The molecule has 1 aromatic carbocycles. The molecule has 0 radical (unpaired) electrons. The first-order valence-electron chi connectivity index (χ1n) is 5.70. The van der Waals surface area contributed by atoms with Crippen molar-refractivity contribution in [2.75, 3.05) is 0 Å². The quantitative estimate of drug-likeness (QED) is 0.861. The molecule has 0 amide bonds. The van der Waals surface area contributed by atoms with Crippen molar-refractivity contribution in [3.63, 3.8) is 0 Å². The van der Waals surface area contributed by atoms with Crippen molar-refractivity contribution in [2.24, 2.45) is 11.7 Å². The first-order valence-corrected chi connectivity index (χ1v) is 5.70. The third-order valence-electron chi connectivity index (χ3n) is 2.61. The van der Waals surface area contributed by atoms with Gasteiger partial charge in [0.15, 0.2) is 0 Å². The highest BCUT2D eigenvalue weighted by Crippen LogP contribution is 2.30. The van der Waals surface area contributed by atoms with Crippen molar-refractivity contribution in [3.05, 3.63) is 35.4 Å². The Bertz CT molecular complexity index is 358. The average Bonchev–Trinajstić information content (AvgIpc) is 2.15. The summed E-state index contributed by atoms with van der Waals surface area (Å²) in [6.45, 7) is 3.91.